The Labute approximate surface area is 451 Å². The van der Waals surface area contributed by atoms with Gasteiger partial charge in [0, 0.05) is 147 Å². The van der Waals surface area contributed by atoms with Gasteiger partial charge in [0.15, 0.2) is 12.6 Å². The molecule has 0 spiro atoms. The van der Waals surface area contributed by atoms with Gasteiger partial charge in [-0.2, -0.15) is 83.7 Å². The topological polar surface area (TPSA) is 191 Å². The minimum absolute atomic E-state index is 0. The lowest BCUT2D eigenvalue weighted by Crippen LogP contribution is -1.76. The van der Waals surface area contributed by atoms with Crippen LogP contribution in [0.3, 0.4) is 0 Å². The zero-order valence-corrected chi connectivity index (χ0v) is 49.4. The van der Waals surface area contributed by atoms with Crippen molar-refractivity contribution in [3.63, 3.8) is 0 Å². The van der Waals surface area contributed by atoms with Crippen LogP contribution in [0.4, 0.5) is 0 Å². The largest absolute Gasteiger partial charge is 0.457 e. The molecule has 8 aromatic rings. The Morgan fingerprint density at radius 1 is 0.500 bits per heavy atom. The molecule has 0 unspecified atom stereocenters. The number of thioether (sulfide) groups is 5. The molecule has 348 valence electrons. The van der Waals surface area contributed by atoms with E-state index in [4.69, 9.17) is 15.6 Å². The van der Waals surface area contributed by atoms with Crippen molar-refractivity contribution in [1.82, 2.24) is 4.37 Å². The molecule has 8 N–H and O–H groups in total. The lowest BCUT2D eigenvalue weighted by Gasteiger charge is -1.89. The maximum absolute atomic E-state index is 10.2. The van der Waals surface area contributed by atoms with Crippen LogP contribution in [-0.2, 0) is 5.48 Å². The first-order valence-corrected chi connectivity index (χ1v) is 32.3. The molecule has 8 rings (SSSR count). The van der Waals surface area contributed by atoms with E-state index in [2.05, 4.69) is 96.1 Å². The quantitative estimate of drug-likeness (QED) is 0.0267. The highest BCUT2D eigenvalue weighted by atomic mass is 79.9. The third kappa shape index (κ3) is 24.4. The van der Waals surface area contributed by atoms with Gasteiger partial charge in [0.2, 0.25) is 0 Å². The van der Waals surface area contributed by atoms with E-state index in [1.165, 1.54) is 31.9 Å². The lowest BCUT2D eigenvalue weighted by atomic mass is 10.4. The fourth-order valence-electron chi connectivity index (χ4n) is 3.61. The van der Waals surface area contributed by atoms with Crippen molar-refractivity contribution < 1.29 is 30.7 Å². The SMILES string of the molecule is Brc1cscc1Br.CSc1cscc1/C=N\O.CSc1cscc1/C=N\O.CSc1cscc1Br.CSc1cscc1C=O.CSc1cscc1C=O.NO.[OH3+].c1nsc2cscc12. The molecule has 0 atom stereocenters. The van der Waals surface area contributed by atoms with Crippen LogP contribution in [-0.4, -0.2) is 76.3 Å². The van der Waals surface area contributed by atoms with Crippen LogP contribution in [0.15, 0.2) is 130 Å². The van der Waals surface area contributed by atoms with Gasteiger partial charge in [-0.05, 0) is 90.6 Å². The fourth-order valence-corrected chi connectivity index (χ4v) is 16.0. The van der Waals surface area contributed by atoms with E-state index in [1.54, 1.807) is 150 Å². The number of aromatic nitrogens is 1. The number of oxime groups is 2. The number of rotatable bonds is 9. The highest BCUT2D eigenvalue weighted by Gasteiger charge is 2.01. The molecule has 0 saturated heterocycles. The van der Waals surface area contributed by atoms with E-state index in [9.17, 15) is 9.59 Å². The summed E-state index contributed by atoms with van der Waals surface area (Å²) in [7, 11) is 0. The highest BCUT2D eigenvalue weighted by molar-refractivity contribution is 9.13. The number of hydrogen-bond donors (Lipinski definition) is 4. The second kappa shape index (κ2) is 40.1. The minimum atomic E-state index is 0. The summed E-state index contributed by atoms with van der Waals surface area (Å²) in [6.07, 6.45) is 16.6. The smallest absolute Gasteiger partial charge is 0.152 e. The predicted molar refractivity (Wildman–Crippen MR) is 306 cm³/mol. The van der Waals surface area contributed by atoms with Crippen molar-refractivity contribution in [3.05, 3.63) is 117 Å². The molecular weight excluding hydrogens is 1270 g/mol. The third-order valence-corrected chi connectivity index (χ3v) is 21.1. The van der Waals surface area contributed by atoms with Gasteiger partial charge in [0.25, 0.3) is 0 Å². The highest BCUT2D eigenvalue weighted by Crippen LogP contribution is 2.29. The molecule has 0 aromatic carbocycles. The van der Waals surface area contributed by atoms with E-state index < -0.39 is 0 Å². The predicted octanol–water partition coefficient (Wildman–Crippen LogP) is 16.4. The maximum atomic E-state index is 10.2. The number of carbonyl (C=O) groups is 2. The van der Waals surface area contributed by atoms with E-state index >= 15 is 0 Å². The maximum Gasteiger partial charge on any atom is 0.152 e. The van der Waals surface area contributed by atoms with Gasteiger partial charge in [-0.25, -0.2) is 5.90 Å². The molecule has 0 radical (unpaired) electrons. The Hall–Kier alpha value is -0.860. The normalized spacial score (nSPS) is 9.72. The van der Waals surface area contributed by atoms with Crippen LogP contribution in [0.25, 0.3) is 10.1 Å². The molecule has 26 heteroatoms. The Morgan fingerprint density at radius 2 is 0.828 bits per heavy atom. The first kappa shape index (κ1) is 63.1. The lowest BCUT2D eigenvalue weighted by molar-refractivity contribution is 0.111. The van der Waals surface area contributed by atoms with Crippen molar-refractivity contribution in [3.8, 4) is 0 Å². The molecule has 0 fully saturated rings. The zero-order valence-electron chi connectivity index (χ0n) is 34.1. The summed E-state index contributed by atoms with van der Waals surface area (Å²) in [5.74, 6) is 3.50. The molecule has 0 aliphatic heterocycles. The molecular formula is C38H42Br3N4O6S13+. The van der Waals surface area contributed by atoms with Gasteiger partial charge in [0.05, 0.1) is 17.1 Å². The number of fused-ring (bicyclic) bond motifs is 1. The second-order valence-corrected chi connectivity index (χ2v) is 23.0. The summed E-state index contributed by atoms with van der Waals surface area (Å²) in [6, 6.07) is 0. The van der Waals surface area contributed by atoms with Crippen molar-refractivity contribution >= 4 is 233 Å². The number of halogens is 3. The van der Waals surface area contributed by atoms with E-state index in [-0.39, 0.29) is 5.48 Å². The third-order valence-electron chi connectivity index (χ3n) is 6.52. The molecule has 10 nitrogen and oxygen atoms in total. The number of nitrogens with zero attached hydrogens (tertiary/aromatic N) is 3. The zero-order chi connectivity index (χ0) is 46.8. The van der Waals surface area contributed by atoms with Gasteiger partial charge in [-0.3, -0.25) is 9.59 Å². The summed E-state index contributed by atoms with van der Waals surface area (Å²) in [6.45, 7) is 0. The number of aldehydes is 2. The van der Waals surface area contributed by atoms with Gasteiger partial charge in [0.1, 0.15) is 0 Å². The average Bonchev–Trinajstić information content (AvgIpc) is 4.16. The van der Waals surface area contributed by atoms with Crippen LogP contribution in [0.2, 0.25) is 0 Å². The second-order valence-electron chi connectivity index (χ2n) is 10.2. The summed E-state index contributed by atoms with van der Waals surface area (Å²) in [5.41, 5.74) is 3.60. The van der Waals surface area contributed by atoms with E-state index in [0.717, 1.165) is 63.4 Å². The number of thiophene rings is 7. The molecule has 0 amide bonds. The van der Waals surface area contributed by atoms with Crippen LogP contribution in [0.1, 0.15) is 31.8 Å². The van der Waals surface area contributed by atoms with Crippen LogP contribution in [0.5, 0.6) is 0 Å². The van der Waals surface area contributed by atoms with E-state index in [0.29, 0.717) is 0 Å². The standard InChI is InChI=1S/2C6H7NOS2.2C6H6OS2.C5H5BrS2.C5H3NS2.C4H2Br2S.H3NO.H2O/c2*1-9-6-4-10-3-5(6)2-7-8;2*1-8-6-4-9-3-5(6)2-7;1-7-5-3-8-2-4(5)6;1-4-2-7-3-5(4)8-6-1;5-3-1-7-2-4(3)6;1-2;/h2*2-4,8H,1H3;2*2-4H,1H3;2-3H,1H3;1-3H;1-2H;2H,1H2;1H2/p+1/b2*7-2-;;;;;;;. The van der Waals surface area contributed by atoms with Gasteiger partial charge in [-0.15, -0.1) is 58.8 Å². The Kier molecular flexibility index (Phi) is 39.5. The van der Waals surface area contributed by atoms with Crippen LogP contribution >= 0.6 is 197 Å². The summed E-state index contributed by atoms with van der Waals surface area (Å²) < 4.78 is 8.80. The number of carbonyl (C=O) groups excluding carboxylic acids is 2. The number of hydrogen-bond acceptors (Lipinski definition) is 22. The fraction of sp³-hybridized carbons (Fsp3) is 0.132. The first-order valence-electron chi connectivity index (χ1n) is 16.5. The Balaban J connectivity index is 0.000000718. The Morgan fingerprint density at radius 3 is 1.11 bits per heavy atom. The first-order chi connectivity index (χ1) is 30.6. The minimum Gasteiger partial charge on any atom is -0.457 e. The van der Waals surface area contributed by atoms with E-state index in [1.807, 2.05) is 85.0 Å². The van der Waals surface area contributed by atoms with Crippen molar-refractivity contribution in [1.29, 1.82) is 0 Å². The molecule has 0 aliphatic carbocycles. The molecule has 8 aromatic heterocycles. The monoisotopic (exact) mass is 1300 g/mol. The summed E-state index contributed by atoms with van der Waals surface area (Å²) >= 11 is 31.4. The van der Waals surface area contributed by atoms with Crippen molar-refractivity contribution in [2.45, 2.75) is 24.5 Å². The molecule has 8 heterocycles. The number of nitrogens with two attached hydrogens (primary N) is 1. The molecule has 0 aliphatic rings. The molecule has 0 saturated carbocycles. The summed E-state index contributed by atoms with van der Waals surface area (Å²) in [5, 5.41) is 58.3. The van der Waals surface area contributed by atoms with Gasteiger partial charge in [-0.1, -0.05) is 10.3 Å². The molecule has 0 bridgehead atoms. The van der Waals surface area contributed by atoms with Gasteiger partial charge >= 0.3 is 0 Å². The van der Waals surface area contributed by atoms with Crippen molar-refractivity contribution in [2.24, 2.45) is 16.2 Å². The molecule has 64 heavy (non-hydrogen) atoms. The van der Waals surface area contributed by atoms with Crippen LogP contribution in [0, 0.1) is 0 Å². The summed E-state index contributed by atoms with van der Waals surface area (Å²) in [4.78, 5) is 26.3. The van der Waals surface area contributed by atoms with Crippen molar-refractivity contribution in [2.75, 3.05) is 31.3 Å². The van der Waals surface area contributed by atoms with Crippen LogP contribution < -0.4 is 5.90 Å². The average molecular weight is 1310 g/mol. The Bertz CT molecular complexity index is 2270. The van der Waals surface area contributed by atoms with Gasteiger partial charge < -0.3 is 21.1 Å².